The summed E-state index contributed by atoms with van der Waals surface area (Å²) < 4.78 is 1.46. The van der Waals surface area contributed by atoms with Crippen LogP contribution in [-0.2, 0) is 0 Å². The first-order valence-corrected chi connectivity index (χ1v) is 3.88. The van der Waals surface area contributed by atoms with Crippen molar-refractivity contribution in [2.75, 3.05) is 7.05 Å². The van der Waals surface area contributed by atoms with Crippen molar-refractivity contribution in [2.45, 2.75) is 19.9 Å². The van der Waals surface area contributed by atoms with Crippen molar-refractivity contribution < 1.29 is 4.79 Å². The quantitative estimate of drug-likeness (QED) is 0.630. The Bertz CT molecular complexity index is 253. The maximum absolute atomic E-state index is 11.5. The smallest absolute Gasteiger partial charge is 0.325 e. The number of hydrogen-bond acceptors (Lipinski definition) is 2. The number of nitrogens with zero attached hydrogens (tertiary/aromatic N) is 3. The molecule has 1 aromatic heterocycles. The minimum atomic E-state index is -0.0532. The minimum absolute atomic E-state index is 0.0532. The highest BCUT2D eigenvalue weighted by Gasteiger charge is 2.12. The van der Waals surface area contributed by atoms with Gasteiger partial charge >= 0.3 is 6.03 Å². The van der Waals surface area contributed by atoms with E-state index in [4.69, 9.17) is 0 Å². The van der Waals surface area contributed by atoms with E-state index >= 15 is 0 Å². The number of rotatable bonds is 1. The molecule has 0 atom stereocenters. The van der Waals surface area contributed by atoms with Gasteiger partial charge in [0.25, 0.3) is 0 Å². The SMILES string of the molecule is CC(C)N(C)C(=O)n1ccnc1. The van der Waals surface area contributed by atoms with Crippen LogP contribution in [0.2, 0.25) is 0 Å². The summed E-state index contributed by atoms with van der Waals surface area (Å²) in [7, 11) is 1.77. The summed E-state index contributed by atoms with van der Waals surface area (Å²) in [5, 5.41) is 0. The third-order valence-electron chi connectivity index (χ3n) is 1.80. The molecule has 0 spiro atoms. The fraction of sp³-hybridized carbons (Fsp3) is 0.500. The molecule has 0 aliphatic rings. The van der Waals surface area contributed by atoms with Crippen molar-refractivity contribution in [3.8, 4) is 0 Å². The minimum Gasteiger partial charge on any atom is -0.325 e. The van der Waals surface area contributed by atoms with Gasteiger partial charge in [-0.3, -0.25) is 4.57 Å². The number of imidazole rings is 1. The predicted octanol–water partition coefficient (Wildman–Crippen LogP) is 1.19. The number of amides is 1. The van der Waals surface area contributed by atoms with Gasteiger partial charge in [-0.2, -0.15) is 0 Å². The lowest BCUT2D eigenvalue weighted by molar-refractivity contribution is 0.199. The molecule has 1 rings (SSSR count). The van der Waals surface area contributed by atoms with Gasteiger partial charge in [-0.05, 0) is 13.8 Å². The molecule has 1 amide bonds. The van der Waals surface area contributed by atoms with Gasteiger partial charge in [0.05, 0.1) is 0 Å². The van der Waals surface area contributed by atoms with Gasteiger partial charge in [-0.1, -0.05) is 0 Å². The highest BCUT2D eigenvalue weighted by atomic mass is 16.2. The summed E-state index contributed by atoms with van der Waals surface area (Å²) >= 11 is 0. The number of carbonyl (C=O) groups is 1. The molecule has 0 fully saturated rings. The molecule has 0 saturated heterocycles. The Balaban J connectivity index is 2.72. The first-order chi connectivity index (χ1) is 5.63. The van der Waals surface area contributed by atoms with Crippen molar-refractivity contribution in [1.29, 1.82) is 0 Å². The summed E-state index contributed by atoms with van der Waals surface area (Å²) in [5.41, 5.74) is 0. The van der Waals surface area contributed by atoms with Crippen LogP contribution in [0.5, 0.6) is 0 Å². The van der Waals surface area contributed by atoms with E-state index in [0.29, 0.717) is 0 Å². The molecular formula is C8H13N3O. The second-order valence-corrected chi connectivity index (χ2v) is 2.96. The zero-order valence-electron chi connectivity index (χ0n) is 7.56. The Kier molecular flexibility index (Phi) is 2.47. The number of hydrogen-bond donors (Lipinski definition) is 0. The molecule has 0 aromatic carbocycles. The van der Waals surface area contributed by atoms with E-state index in [1.807, 2.05) is 13.8 Å². The lowest BCUT2D eigenvalue weighted by atomic mass is 10.4. The zero-order chi connectivity index (χ0) is 9.14. The maximum atomic E-state index is 11.5. The predicted molar refractivity (Wildman–Crippen MR) is 45.9 cm³/mol. The number of carbonyl (C=O) groups excluding carboxylic acids is 1. The Hall–Kier alpha value is -1.32. The van der Waals surface area contributed by atoms with Crippen LogP contribution in [0.15, 0.2) is 18.7 Å². The molecule has 0 aliphatic carbocycles. The van der Waals surface area contributed by atoms with E-state index in [0.717, 1.165) is 0 Å². The maximum Gasteiger partial charge on any atom is 0.329 e. The molecule has 0 radical (unpaired) electrons. The second kappa shape index (κ2) is 3.38. The molecule has 1 aromatic rings. The molecule has 0 N–H and O–H groups in total. The topological polar surface area (TPSA) is 38.1 Å². The van der Waals surface area contributed by atoms with E-state index in [1.165, 1.54) is 10.9 Å². The van der Waals surface area contributed by atoms with Crippen LogP contribution in [0.1, 0.15) is 13.8 Å². The van der Waals surface area contributed by atoms with E-state index in [-0.39, 0.29) is 12.1 Å². The van der Waals surface area contributed by atoms with Crippen molar-refractivity contribution in [3.63, 3.8) is 0 Å². The molecule has 4 heteroatoms. The van der Waals surface area contributed by atoms with Crippen molar-refractivity contribution >= 4 is 6.03 Å². The van der Waals surface area contributed by atoms with Crippen molar-refractivity contribution in [2.24, 2.45) is 0 Å². The van der Waals surface area contributed by atoms with Crippen LogP contribution in [0.4, 0.5) is 4.79 Å². The fourth-order valence-corrected chi connectivity index (χ4v) is 0.775. The Morgan fingerprint density at radius 2 is 2.25 bits per heavy atom. The van der Waals surface area contributed by atoms with Gasteiger partial charge in [0, 0.05) is 25.5 Å². The molecule has 66 valence electrons. The molecule has 0 saturated carbocycles. The van der Waals surface area contributed by atoms with Crippen LogP contribution in [-0.4, -0.2) is 33.6 Å². The summed E-state index contributed by atoms with van der Waals surface area (Å²) in [5.74, 6) is 0. The third-order valence-corrected chi connectivity index (χ3v) is 1.80. The van der Waals surface area contributed by atoms with E-state index < -0.39 is 0 Å². The largest absolute Gasteiger partial charge is 0.329 e. The van der Waals surface area contributed by atoms with Gasteiger partial charge in [0.15, 0.2) is 0 Å². The first kappa shape index (κ1) is 8.77. The van der Waals surface area contributed by atoms with E-state index in [1.54, 1.807) is 24.3 Å². The lowest BCUT2D eigenvalue weighted by Crippen LogP contribution is -2.35. The standard InChI is InChI=1S/C8H13N3O/c1-7(2)10(3)8(12)11-5-4-9-6-11/h4-7H,1-3H3. The molecule has 0 bridgehead atoms. The molecule has 0 unspecified atom stereocenters. The van der Waals surface area contributed by atoms with Crippen molar-refractivity contribution in [1.82, 2.24) is 14.5 Å². The Morgan fingerprint density at radius 3 is 2.67 bits per heavy atom. The van der Waals surface area contributed by atoms with Crippen LogP contribution < -0.4 is 0 Å². The summed E-state index contributed by atoms with van der Waals surface area (Å²) in [6.45, 7) is 3.93. The zero-order valence-corrected chi connectivity index (χ0v) is 7.56. The van der Waals surface area contributed by atoms with Crippen LogP contribution in [0.3, 0.4) is 0 Å². The van der Waals surface area contributed by atoms with Gasteiger partial charge in [-0.15, -0.1) is 0 Å². The van der Waals surface area contributed by atoms with E-state index in [2.05, 4.69) is 4.98 Å². The van der Waals surface area contributed by atoms with Crippen LogP contribution >= 0.6 is 0 Å². The monoisotopic (exact) mass is 167 g/mol. The molecule has 12 heavy (non-hydrogen) atoms. The summed E-state index contributed by atoms with van der Waals surface area (Å²) in [6, 6.07) is 0.155. The van der Waals surface area contributed by atoms with Crippen LogP contribution in [0.25, 0.3) is 0 Å². The van der Waals surface area contributed by atoms with Gasteiger partial charge in [0.2, 0.25) is 0 Å². The number of aromatic nitrogens is 2. The molecular weight excluding hydrogens is 154 g/mol. The third kappa shape index (κ3) is 1.64. The summed E-state index contributed by atoms with van der Waals surface area (Å²) in [4.78, 5) is 17.0. The average molecular weight is 167 g/mol. The highest BCUT2D eigenvalue weighted by molar-refractivity contribution is 5.76. The normalized spacial score (nSPS) is 10.3. The Morgan fingerprint density at radius 1 is 1.58 bits per heavy atom. The molecule has 4 nitrogen and oxygen atoms in total. The highest BCUT2D eigenvalue weighted by Crippen LogP contribution is 1.98. The first-order valence-electron chi connectivity index (χ1n) is 3.88. The van der Waals surface area contributed by atoms with Gasteiger partial charge in [0.1, 0.15) is 6.33 Å². The molecule has 0 aliphatic heterocycles. The second-order valence-electron chi connectivity index (χ2n) is 2.96. The van der Waals surface area contributed by atoms with Gasteiger partial charge < -0.3 is 4.90 Å². The van der Waals surface area contributed by atoms with Gasteiger partial charge in [-0.25, -0.2) is 9.78 Å². The fourth-order valence-electron chi connectivity index (χ4n) is 0.775. The summed E-state index contributed by atoms with van der Waals surface area (Å²) in [6.07, 6.45) is 4.73. The Labute approximate surface area is 71.8 Å². The average Bonchev–Trinajstić information content (AvgIpc) is 2.53. The lowest BCUT2D eigenvalue weighted by Gasteiger charge is -2.20. The van der Waals surface area contributed by atoms with Crippen LogP contribution in [0, 0.1) is 0 Å². The van der Waals surface area contributed by atoms with E-state index in [9.17, 15) is 4.79 Å². The molecule has 1 heterocycles. The van der Waals surface area contributed by atoms with Crippen molar-refractivity contribution in [3.05, 3.63) is 18.7 Å².